The zero-order chi connectivity index (χ0) is 23.6. The van der Waals surface area contributed by atoms with Crippen LogP contribution in [0.4, 0.5) is 0 Å². The van der Waals surface area contributed by atoms with Crippen LogP contribution in [-0.2, 0) is 19.1 Å². The van der Waals surface area contributed by atoms with Gasteiger partial charge in [0, 0.05) is 6.92 Å². The Kier molecular flexibility index (Phi) is 7.28. The molecule has 0 bridgehead atoms. The summed E-state index contributed by atoms with van der Waals surface area (Å²) in [5.74, 6) is -0.478. The third kappa shape index (κ3) is 4.67. The number of ether oxygens (including phenoxy) is 3. The number of carbonyl (C=O) groups excluding carboxylic acids is 3. The number of aliphatic imine (C=N–C) groups is 1. The Balaban J connectivity index is 2.15. The van der Waals surface area contributed by atoms with Crippen LogP contribution in [-0.4, -0.2) is 45.9 Å². The van der Waals surface area contributed by atoms with E-state index in [2.05, 4.69) is 4.99 Å². The minimum absolute atomic E-state index is 0.106. The van der Waals surface area contributed by atoms with E-state index < -0.39 is 18.0 Å². The van der Waals surface area contributed by atoms with Crippen LogP contribution in [0.25, 0.3) is 0 Å². The summed E-state index contributed by atoms with van der Waals surface area (Å²) in [6, 6.07) is 4.30. The summed E-state index contributed by atoms with van der Waals surface area (Å²) in [5, 5.41) is 0.295. The molecule has 0 saturated carbocycles. The van der Waals surface area contributed by atoms with E-state index in [9.17, 15) is 14.4 Å². The number of benzene rings is 1. The van der Waals surface area contributed by atoms with Crippen molar-refractivity contribution in [3.05, 3.63) is 35.0 Å². The van der Waals surface area contributed by atoms with E-state index in [0.717, 1.165) is 0 Å². The Hall–Kier alpha value is -2.81. The zero-order valence-corrected chi connectivity index (χ0v) is 19.9. The SMILES string of the molecule is CCOc1cc([C@@H]2C(C(=O)OC(C)C)=C(C)N=C3S[C@H](CC)C(=O)N32)ccc1OC(C)=O. The lowest BCUT2D eigenvalue weighted by atomic mass is 9.93. The molecule has 2 atom stereocenters. The van der Waals surface area contributed by atoms with E-state index in [0.29, 0.717) is 40.8 Å². The van der Waals surface area contributed by atoms with Crippen LogP contribution in [0.5, 0.6) is 11.5 Å². The fraction of sp³-hybridized carbons (Fsp3) is 0.478. The molecule has 2 aliphatic heterocycles. The molecule has 8 nitrogen and oxygen atoms in total. The number of carbonyl (C=O) groups is 3. The zero-order valence-electron chi connectivity index (χ0n) is 19.1. The van der Waals surface area contributed by atoms with E-state index in [1.165, 1.54) is 18.7 Å². The van der Waals surface area contributed by atoms with E-state index in [-0.39, 0.29) is 23.0 Å². The van der Waals surface area contributed by atoms with Gasteiger partial charge in [-0.15, -0.1) is 0 Å². The summed E-state index contributed by atoms with van der Waals surface area (Å²) in [4.78, 5) is 43.9. The summed E-state index contributed by atoms with van der Waals surface area (Å²) in [6.07, 6.45) is 0.317. The molecule has 2 heterocycles. The van der Waals surface area contributed by atoms with Gasteiger partial charge in [0.25, 0.3) is 0 Å². The predicted molar refractivity (Wildman–Crippen MR) is 122 cm³/mol. The molecule has 1 fully saturated rings. The average molecular weight is 461 g/mol. The van der Waals surface area contributed by atoms with E-state index in [1.54, 1.807) is 43.9 Å². The van der Waals surface area contributed by atoms with Gasteiger partial charge in [0.2, 0.25) is 5.91 Å². The molecule has 0 unspecified atom stereocenters. The van der Waals surface area contributed by atoms with Gasteiger partial charge in [-0.3, -0.25) is 14.5 Å². The second-order valence-electron chi connectivity index (χ2n) is 7.71. The van der Waals surface area contributed by atoms with Crippen molar-refractivity contribution in [1.29, 1.82) is 0 Å². The maximum absolute atomic E-state index is 13.2. The van der Waals surface area contributed by atoms with Crippen molar-refractivity contribution in [1.82, 2.24) is 4.90 Å². The molecule has 0 N–H and O–H groups in total. The van der Waals surface area contributed by atoms with Gasteiger partial charge in [-0.1, -0.05) is 24.8 Å². The minimum atomic E-state index is -0.726. The molecule has 1 aromatic carbocycles. The van der Waals surface area contributed by atoms with Gasteiger partial charge < -0.3 is 14.2 Å². The lowest BCUT2D eigenvalue weighted by molar-refractivity contribution is -0.143. The average Bonchev–Trinajstić information content (AvgIpc) is 3.02. The fourth-order valence-electron chi connectivity index (χ4n) is 3.65. The number of amidine groups is 1. The normalized spacial score (nSPS) is 20.3. The van der Waals surface area contributed by atoms with Crippen LogP contribution in [0.2, 0.25) is 0 Å². The molecule has 0 aliphatic carbocycles. The Morgan fingerprint density at radius 2 is 1.94 bits per heavy atom. The van der Waals surface area contributed by atoms with Crippen molar-refractivity contribution < 1.29 is 28.6 Å². The molecule has 3 rings (SSSR count). The molecule has 1 saturated heterocycles. The highest BCUT2D eigenvalue weighted by molar-refractivity contribution is 8.15. The topological polar surface area (TPSA) is 94.5 Å². The molecule has 0 aromatic heterocycles. The Morgan fingerprint density at radius 1 is 1.22 bits per heavy atom. The number of rotatable bonds is 7. The van der Waals surface area contributed by atoms with E-state index in [4.69, 9.17) is 14.2 Å². The minimum Gasteiger partial charge on any atom is -0.490 e. The lowest BCUT2D eigenvalue weighted by Crippen LogP contribution is -2.41. The van der Waals surface area contributed by atoms with E-state index in [1.807, 2.05) is 13.8 Å². The summed E-state index contributed by atoms with van der Waals surface area (Å²) < 4.78 is 16.4. The Bertz CT molecular complexity index is 1000. The molecule has 2 aliphatic rings. The third-order valence-corrected chi connectivity index (χ3v) is 6.24. The Labute approximate surface area is 192 Å². The van der Waals surface area contributed by atoms with Gasteiger partial charge in [-0.2, -0.15) is 0 Å². The van der Waals surface area contributed by atoms with Gasteiger partial charge >= 0.3 is 11.9 Å². The summed E-state index contributed by atoms with van der Waals surface area (Å²) in [6.45, 7) is 10.7. The van der Waals surface area contributed by atoms with Crippen molar-refractivity contribution in [2.75, 3.05) is 6.61 Å². The summed E-state index contributed by atoms with van der Waals surface area (Å²) in [5.41, 5.74) is 1.44. The monoisotopic (exact) mass is 460 g/mol. The lowest BCUT2D eigenvalue weighted by Gasteiger charge is -2.33. The molecule has 0 spiro atoms. The van der Waals surface area contributed by atoms with Crippen molar-refractivity contribution in [2.45, 2.75) is 65.4 Å². The van der Waals surface area contributed by atoms with Crippen LogP contribution < -0.4 is 9.47 Å². The van der Waals surface area contributed by atoms with Crippen LogP contribution in [0, 0.1) is 0 Å². The second kappa shape index (κ2) is 9.77. The first-order valence-electron chi connectivity index (χ1n) is 10.6. The van der Waals surface area contributed by atoms with Gasteiger partial charge in [0.15, 0.2) is 16.7 Å². The molecule has 9 heteroatoms. The van der Waals surface area contributed by atoms with Crippen molar-refractivity contribution in [3.8, 4) is 11.5 Å². The molecular formula is C23H28N2O6S. The van der Waals surface area contributed by atoms with Gasteiger partial charge in [0.1, 0.15) is 0 Å². The quantitative estimate of drug-likeness (QED) is 0.448. The first-order valence-corrected chi connectivity index (χ1v) is 11.5. The van der Waals surface area contributed by atoms with E-state index >= 15 is 0 Å². The van der Waals surface area contributed by atoms with Crippen LogP contribution in [0.15, 0.2) is 34.5 Å². The molecule has 172 valence electrons. The highest BCUT2D eigenvalue weighted by Gasteiger charge is 2.47. The summed E-state index contributed by atoms with van der Waals surface area (Å²) >= 11 is 1.40. The largest absolute Gasteiger partial charge is 0.490 e. The molecule has 1 amide bonds. The van der Waals surface area contributed by atoms with Crippen LogP contribution >= 0.6 is 11.8 Å². The summed E-state index contributed by atoms with van der Waals surface area (Å²) in [7, 11) is 0. The molecule has 1 aromatic rings. The first-order chi connectivity index (χ1) is 15.2. The van der Waals surface area contributed by atoms with Crippen molar-refractivity contribution in [2.24, 2.45) is 4.99 Å². The second-order valence-corrected chi connectivity index (χ2v) is 8.88. The smallest absolute Gasteiger partial charge is 0.338 e. The van der Waals surface area contributed by atoms with Gasteiger partial charge in [-0.25, -0.2) is 9.79 Å². The molecule has 0 radical (unpaired) electrons. The predicted octanol–water partition coefficient (Wildman–Crippen LogP) is 4.00. The number of amides is 1. The number of thioether (sulfide) groups is 1. The van der Waals surface area contributed by atoms with Crippen molar-refractivity contribution >= 4 is 34.8 Å². The maximum Gasteiger partial charge on any atom is 0.338 e. The van der Waals surface area contributed by atoms with Crippen LogP contribution in [0.1, 0.15) is 59.6 Å². The number of esters is 2. The third-order valence-electron chi connectivity index (χ3n) is 4.92. The Morgan fingerprint density at radius 3 is 2.53 bits per heavy atom. The van der Waals surface area contributed by atoms with Crippen LogP contribution in [0.3, 0.4) is 0 Å². The number of allylic oxidation sites excluding steroid dienone is 1. The highest BCUT2D eigenvalue weighted by atomic mass is 32.2. The number of hydrogen-bond donors (Lipinski definition) is 0. The fourth-order valence-corrected chi connectivity index (χ4v) is 4.78. The standard InChI is InChI=1S/C23H28N2O6S/c1-7-18-21(27)25-20(15-9-10-16(31-14(6)26)17(11-15)29-8-2)19(22(28)30-12(3)4)13(5)24-23(25)32-18/h9-12,18,20H,7-8H2,1-6H3/t18-,20-/m1/s1. The van der Waals surface area contributed by atoms with Gasteiger partial charge in [0.05, 0.1) is 35.3 Å². The first kappa shape index (κ1) is 23.8. The van der Waals surface area contributed by atoms with Gasteiger partial charge in [-0.05, 0) is 51.8 Å². The highest BCUT2D eigenvalue weighted by Crippen LogP contribution is 2.45. The molecule has 32 heavy (non-hydrogen) atoms. The maximum atomic E-state index is 13.2. The number of nitrogens with zero attached hydrogens (tertiary/aromatic N) is 2. The number of hydrogen-bond acceptors (Lipinski definition) is 8. The molecular weight excluding hydrogens is 432 g/mol. The number of fused-ring (bicyclic) bond motifs is 1. The van der Waals surface area contributed by atoms with Crippen molar-refractivity contribution in [3.63, 3.8) is 0 Å².